The minimum atomic E-state index is -0.413. The largest absolute Gasteiger partial charge is 0.454 e. The zero-order valence-corrected chi connectivity index (χ0v) is 22.5. The first-order valence-electron chi connectivity index (χ1n) is 13.0. The van der Waals surface area contributed by atoms with Crippen molar-refractivity contribution in [3.8, 4) is 11.5 Å². The number of H-pyrrole nitrogens is 1. The van der Waals surface area contributed by atoms with Crippen molar-refractivity contribution >= 4 is 16.6 Å². The Morgan fingerprint density at radius 1 is 0.974 bits per heavy atom. The van der Waals surface area contributed by atoms with Gasteiger partial charge in [-0.15, -0.1) is 5.10 Å². The molecule has 1 fully saturated rings. The lowest BCUT2D eigenvalue weighted by atomic mass is 10.0. The molecule has 0 radical (unpaired) electrons. The summed E-state index contributed by atoms with van der Waals surface area (Å²) in [4.78, 5) is 21.4. The van der Waals surface area contributed by atoms with Crippen LogP contribution in [0.3, 0.4) is 0 Å². The molecule has 198 valence electrons. The van der Waals surface area contributed by atoms with E-state index in [1.807, 2.05) is 22.9 Å². The van der Waals surface area contributed by atoms with Crippen LogP contribution in [0.15, 0.2) is 41.2 Å². The van der Waals surface area contributed by atoms with Crippen molar-refractivity contribution in [1.29, 1.82) is 0 Å². The third kappa shape index (κ3) is 4.28. The van der Waals surface area contributed by atoms with E-state index in [-0.39, 0.29) is 17.9 Å². The van der Waals surface area contributed by atoms with Crippen LogP contribution in [0.5, 0.6) is 11.5 Å². The van der Waals surface area contributed by atoms with E-state index in [2.05, 4.69) is 83.1 Å². The summed E-state index contributed by atoms with van der Waals surface area (Å²) in [6.45, 7) is 13.8. The summed E-state index contributed by atoms with van der Waals surface area (Å²) in [6, 6.07) is 11.8. The van der Waals surface area contributed by atoms with Gasteiger partial charge in [-0.05, 0) is 74.4 Å². The molecule has 4 aromatic rings. The van der Waals surface area contributed by atoms with Crippen LogP contribution >= 0.6 is 0 Å². The van der Waals surface area contributed by atoms with Gasteiger partial charge in [-0.25, -0.2) is 4.68 Å². The number of fused-ring (bicyclic) bond motifs is 2. The highest BCUT2D eigenvalue weighted by molar-refractivity contribution is 5.83. The molecule has 1 saturated heterocycles. The molecule has 2 aliphatic heterocycles. The summed E-state index contributed by atoms with van der Waals surface area (Å²) in [6.07, 6.45) is 0. The number of aryl methyl sites for hydroxylation is 2. The van der Waals surface area contributed by atoms with E-state index in [1.54, 1.807) is 0 Å². The molecule has 0 amide bonds. The van der Waals surface area contributed by atoms with Gasteiger partial charge >= 0.3 is 0 Å². The van der Waals surface area contributed by atoms with Crippen LogP contribution < -0.4 is 19.9 Å². The molecule has 6 rings (SSSR count). The number of rotatable bonds is 4. The topological polar surface area (TPSA) is 101 Å². The van der Waals surface area contributed by atoms with E-state index in [0.717, 1.165) is 31.6 Å². The molecule has 0 aliphatic carbocycles. The summed E-state index contributed by atoms with van der Waals surface area (Å²) >= 11 is 0. The van der Waals surface area contributed by atoms with Crippen molar-refractivity contribution in [1.82, 2.24) is 30.1 Å². The number of ether oxygens (including phenoxy) is 2. The van der Waals surface area contributed by atoms with E-state index in [0.29, 0.717) is 28.4 Å². The van der Waals surface area contributed by atoms with Crippen molar-refractivity contribution in [3.63, 3.8) is 0 Å². The number of aromatic nitrogens is 5. The van der Waals surface area contributed by atoms with Crippen molar-refractivity contribution in [2.24, 2.45) is 0 Å². The quantitative estimate of drug-likeness (QED) is 0.441. The minimum Gasteiger partial charge on any atom is -0.454 e. The van der Waals surface area contributed by atoms with Crippen LogP contribution in [0.4, 0.5) is 5.69 Å². The minimum absolute atomic E-state index is 0.165. The summed E-state index contributed by atoms with van der Waals surface area (Å²) in [7, 11) is 0. The second-order valence-electron chi connectivity index (χ2n) is 11.2. The van der Waals surface area contributed by atoms with Crippen LogP contribution in [-0.2, 0) is 5.54 Å². The van der Waals surface area contributed by atoms with Gasteiger partial charge in [0.15, 0.2) is 17.3 Å². The molecule has 2 aliphatic rings. The van der Waals surface area contributed by atoms with Gasteiger partial charge in [0.25, 0.3) is 5.56 Å². The highest BCUT2D eigenvalue weighted by Crippen LogP contribution is 2.37. The lowest BCUT2D eigenvalue weighted by Gasteiger charge is -2.40. The fourth-order valence-corrected chi connectivity index (χ4v) is 5.44. The lowest BCUT2D eigenvalue weighted by Crippen LogP contribution is -2.49. The van der Waals surface area contributed by atoms with Crippen molar-refractivity contribution < 1.29 is 9.47 Å². The molecule has 4 heterocycles. The van der Waals surface area contributed by atoms with Gasteiger partial charge in [0.2, 0.25) is 6.79 Å². The number of nitrogens with one attached hydrogen (secondary N) is 1. The molecule has 0 bridgehead atoms. The molecule has 1 atom stereocenters. The van der Waals surface area contributed by atoms with E-state index in [4.69, 9.17) is 9.47 Å². The van der Waals surface area contributed by atoms with Gasteiger partial charge < -0.3 is 19.4 Å². The van der Waals surface area contributed by atoms with Crippen LogP contribution in [-0.4, -0.2) is 63.1 Å². The van der Waals surface area contributed by atoms with Gasteiger partial charge in [-0.3, -0.25) is 9.69 Å². The average molecular weight is 516 g/mol. The molecule has 0 spiro atoms. The van der Waals surface area contributed by atoms with E-state index in [1.165, 1.54) is 16.8 Å². The number of hydrogen-bond donors (Lipinski definition) is 1. The molecule has 0 unspecified atom stereocenters. The maximum absolute atomic E-state index is 13.6. The Hall–Kier alpha value is -3.92. The van der Waals surface area contributed by atoms with E-state index >= 15 is 0 Å². The Balaban J connectivity index is 1.41. The number of tetrazole rings is 1. The van der Waals surface area contributed by atoms with Crippen LogP contribution in [0, 0.1) is 13.8 Å². The molecule has 0 saturated carbocycles. The number of aromatic amines is 1. The Morgan fingerprint density at radius 2 is 1.71 bits per heavy atom. The number of hydrogen-bond acceptors (Lipinski definition) is 8. The zero-order valence-electron chi connectivity index (χ0n) is 22.5. The molecular weight excluding hydrogens is 482 g/mol. The Morgan fingerprint density at radius 3 is 2.45 bits per heavy atom. The molecule has 2 aromatic heterocycles. The Labute approximate surface area is 221 Å². The molecule has 10 heteroatoms. The average Bonchev–Trinajstić information content (AvgIpc) is 3.55. The van der Waals surface area contributed by atoms with Crippen LogP contribution in [0.1, 0.15) is 49.3 Å². The number of pyridine rings is 1. The molecule has 1 N–H and O–H groups in total. The van der Waals surface area contributed by atoms with Gasteiger partial charge in [0.1, 0.15) is 6.04 Å². The van der Waals surface area contributed by atoms with E-state index < -0.39 is 6.04 Å². The number of piperazine rings is 1. The number of nitrogens with zero attached hydrogens (tertiary/aromatic N) is 6. The zero-order chi connectivity index (χ0) is 26.6. The van der Waals surface area contributed by atoms with Gasteiger partial charge in [0, 0.05) is 48.9 Å². The van der Waals surface area contributed by atoms with E-state index in [9.17, 15) is 4.79 Å². The SMILES string of the molecule is Cc1ccc(C)c(N2CCN([C@@H](c3cc4cc5c(cc4[nH]c3=O)OCO5)c3nnnn3C(C)(C)C)CC2)c1. The maximum Gasteiger partial charge on any atom is 0.253 e. The smallest absolute Gasteiger partial charge is 0.253 e. The summed E-state index contributed by atoms with van der Waals surface area (Å²) in [5.74, 6) is 1.97. The van der Waals surface area contributed by atoms with Crippen molar-refractivity contribution in [2.75, 3.05) is 37.9 Å². The van der Waals surface area contributed by atoms with Crippen LogP contribution in [0.2, 0.25) is 0 Å². The maximum atomic E-state index is 13.6. The van der Waals surface area contributed by atoms with Gasteiger partial charge in [0.05, 0.1) is 11.1 Å². The normalized spacial score (nSPS) is 16.8. The third-order valence-corrected chi connectivity index (χ3v) is 7.42. The summed E-state index contributed by atoms with van der Waals surface area (Å²) < 4.78 is 12.9. The molecule has 2 aromatic carbocycles. The molecular formula is C28H33N7O3. The molecule has 10 nitrogen and oxygen atoms in total. The Kier molecular flexibility index (Phi) is 5.86. The predicted molar refractivity (Wildman–Crippen MR) is 145 cm³/mol. The first kappa shape index (κ1) is 24.4. The lowest BCUT2D eigenvalue weighted by molar-refractivity contribution is 0.174. The fraction of sp³-hybridized carbons (Fsp3) is 0.429. The monoisotopic (exact) mass is 515 g/mol. The third-order valence-electron chi connectivity index (χ3n) is 7.42. The Bertz CT molecular complexity index is 1560. The molecule has 38 heavy (non-hydrogen) atoms. The van der Waals surface area contributed by atoms with Crippen molar-refractivity contribution in [2.45, 2.75) is 46.2 Å². The van der Waals surface area contributed by atoms with Gasteiger partial charge in [-0.2, -0.15) is 0 Å². The van der Waals surface area contributed by atoms with Gasteiger partial charge in [-0.1, -0.05) is 12.1 Å². The van der Waals surface area contributed by atoms with Crippen molar-refractivity contribution in [3.05, 3.63) is 69.3 Å². The summed E-state index contributed by atoms with van der Waals surface area (Å²) in [5, 5.41) is 13.7. The standard InChI is InChI=1S/C28H33N7O3/c1-17-6-7-18(2)22(12-17)33-8-10-34(11-9-33)25(26-30-31-32-35(26)28(3,4)5)20-13-19-14-23-24(38-16-37-23)15-21(19)29-27(20)36/h6-7,12-15,25H,8-11,16H2,1-5H3,(H,29,36)/t25-/m0/s1. The predicted octanol–water partition coefficient (Wildman–Crippen LogP) is 3.53. The highest BCUT2D eigenvalue weighted by atomic mass is 16.7. The highest BCUT2D eigenvalue weighted by Gasteiger charge is 2.35. The first-order chi connectivity index (χ1) is 18.2. The summed E-state index contributed by atoms with van der Waals surface area (Å²) in [5.41, 5.74) is 4.57. The number of anilines is 1. The van der Waals surface area contributed by atoms with Crippen LogP contribution in [0.25, 0.3) is 10.9 Å². The number of benzene rings is 2. The fourth-order valence-electron chi connectivity index (χ4n) is 5.44. The second-order valence-corrected chi connectivity index (χ2v) is 11.2. The first-order valence-corrected chi connectivity index (χ1v) is 13.0. The second kappa shape index (κ2) is 9.13.